The molecule has 6 nitrogen and oxygen atoms in total. The summed E-state index contributed by atoms with van der Waals surface area (Å²) in [5.74, 6) is 0.0214. The van der Waals surface area contributed by atoms with Gasteiger partial charge in [0.2, 0.25) is 0 Å². The summed E-state index contributed by atoms with van der Waals surface area (Å²) < 4.78 is 5.10. The van der Waals surface area contributed by atoms with Crippen LogP contribution in [-0.4, -0.2) is 22.5 Å². The highest BCUT2D eigenvalue weighted by Gasteiger charge is 2.05. The van der Waals surface area contributed by atoms with Crippen molar-refractivity contribution in [2.45, 2.75) is 13.3 Å². The van der Waals surface area contributed by atoms with E-state index in [-0.39, 0.29) is 23.3 Å². The molecule has 0 spiro atoms. The van der Waals surface area contributed by atoms with Gasteiger partial charge in [-0.1, -0.05) is 0 Å². The molecule has 1 aromatic carbocycles. The second kappa shape index (κ2) is 6.65. The lowest BCUT2D eigenvalue weighted by Gasteiger charge is -2.08. The van der Waals surface area contributed by atoms with Crippen LogP contribution in [0, 0.1) is 10.1 Å². The van der Waals surface area contributed by atoms with Crippen LogP contribution in [0.1, 0.15) is 13.3 Å². The zero-order valence-electron chi connectivity index (χ0n) is 9.71. The summed E-state index contributed by atoms with van der Waals surface area (Å²) >= 11 is 4.89. The Labute approximate surface area is 109 Å². The van der Waals surface area contributed by atoms with Crippen molar-refractivity contribution in [3.63, 3.8) is 0 Å². The van der Waals surface area contributed by atoms with Gasteiger partial charge in [-0.05, 0) is 31.3 Å². The van der Waals surface area contributed by atoms with E-state index in [1.807, 2.05) is 0 Å². The monoisotopic (exact) mass is 268 g/mol. The van der Waals surface area contributed by atoms with E-state index in [9.17, 15) is 14.9 Å². The van der Waals surface area contributed by atoms with Gasteiger partial charge in [0.15, 0.2) is 0 Å². The molecule has 0 aliphatic carbocycles. The van der Waals surface area contributed by atoms with E-state index in [4.69, 9.17) is 17.0 Å². The molecule has 0 aliphatic rings. The average molecular weight is 268 g/mol. The minimum absolute atomic E-state index is 0.00367. The number of nitro benzene ring substituents is 1. The minimum Gasteiger partial charge on any atom is -0.470 e. The number of non-ortho nitro benzene ring substituents is 1. The topological polar surface area (TPSA) is 81.5 Å². The molecule has 0 radical (unpaired) electrons. The van der Waals surface area contributed by atoms with Crippen molar-refractivity contribution in [1.29, 1.82) is 0 Å². The molecule has 0 atom stereocenters. The molecule has 0 amide bonds. The third kappa shape index (κ3) is 4.88. The molecular formula is C11H12N2O4S. The number of nitro groups is 1. The summed E-state index contributed by atoms with van der Waals surface area (Å²) in [5.41, 5.74) is 0.595. The highest BCUT2D eigenvalue weighted by molar-refractivity contribution is 7.80. The van der Waals surface area contributed by atoms with Crippen LogP contribution in [0.15, 0.2) is 24.3 Å². The van der Waals surface area contributed by atoms with Gasteiger partial charge in [-0.25, -0.2) is 0 Å². The van der Waals surface area contributed by atoms with Crippen LogP contribution < -0.4 is 5.32 Å². The molecule has 0 heterocycles. The van der Waals surface area contributed by atoms with E-state index < -0.39 is 4.92 Å². The Morgan fingerprint density at radius 3 is 2.56 bits per heavy atom. The molecule has 18 heavy (non-hydrogen) atoms. The lowest BCUT2D eigenvalue weighted by molar-refractivity contribution is -0.384. The van der Waals surface area contributed by atoms with Crippen molar-refractivity contribution >= 4 is 34.6 Å². The van der Waals surface area contributed by atoms with E-state index in [1.165, 1.54) is 31.2 Å². The number of ketones is 1. The predicted molar refractivity (Wildman–Crippen MR) is 70.6 cm³/mol. The summed E-state index contributed by atoms with van der Waals surface area (Å²) in [4.78, 5) is 20.6. The van der Waals surface area contributed by atoms with Crippen LogP contribution in [0.4, 0.5) is 11.4 Å². The molecule has 0 saturated heterocycles. The number of hydrogen-bond donors (Lipinski definition) is 1. The zero-order valence-corrected chi connectivity index (χ0v) is 10.5. The maximum Gasteiger partial charge on any atom is 0.269 e. The summed E-state index contributed by atoms with van der Waals surface area (Å²) in [7, 11) is 0. The standard InChI is InChI=1S/C11H12N2O4S/c1-8(14)6-7-17-11(18)12-9-2-4-10(5-3-9)13(15)16/h2-5H,6-7H2,1H3,(H,12,18). The van der Waals surface area contributed by atoms with Crippen LogP contribution in [-0.2, 0) is 9.53 Å². The number of carbonyl (C=O) groups is 1. The number of hydrogen-bond acceptors (Lipinski definition) is 5. The Balaban J connectivity index is 2.44. The first-order valence-electron chi connectivity index (χ1n) is 5.16. The number of benzene rings is 1. The fourth-order valence-electron chi connectivity index (χ4n) is 1.11. The van der Waals surface area contributed by atoms with Crippen LogP contribution in [0.3, 0.4) is 0 Å². The molecule has 96 valence electrons. The van der Waals surface area contributed by atoms with Gasteiger partial charge in [-0.2, -0.15) is 0 Å². The molecule has 1 aromatic rings. The van der Waals surface area contributed by atoms with E-state index >= 15 is 0 Å². The highest BCUT2D eigenvalue weighted by Crippen LogP contribution is 2.15. The molecule has 7 heteroatoms. The molecule has 0 bridgehead atoms. The van der Waals surface area contributed by atoms with Crippen molar-refractivity contribution < 1.29 is 14.5 Å². The highest BCUT2D eigenvalue weighted by atomic mass is 32.1. The van der Waals surface area contributed by atoms with Crippen LogP contribution in [0.2, 0.25) is 0 Å². The smallest absolute Gasteiger partial charge is 0.269 e. The first-order valence-corrected chi connectivity index (χ1v) is 5.57. The number of ether oxygens (including phenoxy) is 1. The van der Waals surface area contributed by atoms with Gasteiger partial charge >= 0.3 is 0 Å². The Morgan fingerprint density at radius 1 is 1.44 bits per heavy atom. The minimum atomic E-state index is -0.481. The second-order valence-corrected chi connectivity index (χ2v) is 3.89. The number of nitrogens with one attached hydrogen (secondary N) is 1. The van der Waals surface area contributed by atoms with Crippen LogP contribution >= 0.6 is 12.2 Å². The fraction of sp³-hybridized carbons (Fsp3) is 0.273. The Morgan fingerprint density at radius 2 is 2.06 bits per heavy atom. The van der Waals surface area contributed by atoms with Crippen molar-refractivity contribution in [1.82, 2.24) is 0 Å². The second-order valence-electron chi connectivity index (χ2n) is 3.52. The fourth-order valence-corrected chi connectivity index (χ4v) is 1.31. The Bertz CT molecular complexity index is 459. The van der Waals surface area contributed by atoms with Gasteiger partial charge in [-0.15, -0.1) is 0 Å². The van der Waals surface area contributed by atoms with E-state index in [1.54, 1.807) is 0 Å². The predicted octanol–water partition coefficient (Wildman–Crippen LogP) is 2.29. The molecular weight excluding hydrogens is 256 g/mol. The van der Waals surface area contributed by atoms with E-state index in [0.717, 1.165) is 0 Å². The number of thiocarbonyl (C=S) groups is 1. The zero-order chi connectivity index (χ0) is 13.5. The van der Waals surface area contributed by atoms with Crippen molar-refractivity contribution in [2.75, 3.05) is 11.9 Å². The summed E-state index contributed by atoms with van der Waals surface area (Å²) in [5, 5.41) is 13.3. The molecule has 1 rings (SSSR count). The molecule has 0 unspecified atom stereocenters. The van der Waals surface area contributed by atoms with Crippen molar-refractivity contribution in [2.24, 2.45) is 0 Å². The third-order valence-electron chi connectivity index (χ3n) is 2.01. The normalized spacial score (nSPS) is 9.61. The summed E-state index contributed by atoms with van der Waals surface area (Å²) in [6.45, 7) is 1.68. The molecule has 1 N–H and O–H groups in total. The number of Topliss-reactive ketones (excluding diaryl/α,β-unsaturated/α-hetero) is 1. The maximum atomic E-state index is 10.7. The summed E-state index contributed by atoms with van der Waals surface area (Å²) in [6.07, 6.45) is 0.294. The van der Waals surface area contributed by atoms with Gasteiger partial charge in [0.1, 0.15) is 5.78 Å². The van der Waals surface area contributed by atoms with Gasteiger partial charge in [0, 0.05) is 24.2 Å². The maximum absolute atomic E-state index is 10.7. The summed E-state index contributed by atoms with van der Waals surface area (Å²) in [6, 6.07) is 5.78. The van der Waals surface area contributed by atoms with Crippen molar-refractivity contribution in [3.05, 3.63) is 34.4 Å². The Kier molecular flexibility index (Phi) is 5.19. The number of rotatable bonds is 5. The largest absolute Gasteiger partial charge is 0.470 e. The molecule has 0 aromatic heterocycles. The molecule has 0 aliphatic heterocycles. The number of carbonyl (C=O) groups excluding carboxylic acids is 1. The van der Waals surface area contributed by atoms with Gasteiger partial charge < -0.3 is 10.1 Å². The first-order chi connectivity index (χ1) is 8.49. The van der Waals surface area contributed by atoms with E-state index in [2.05, 4.69) is 5.32 Å². The number of nitrogens with zero attached hydrogens (tertiary/aromatic N) is 1. The average Bonchev–Trinajstić information content (AvgIpc) is 2.29. The lowest BCUT2D eigenvalue weighted by atomic mass is 10.3. The molecule has 0 fully saturated rings. The Hall–Kier alpha value is -2.02. The van der Waals surface area contributed by atoms with Gasteiger partial charge in [-0.3, -0.25) is 14.9 Å². The quantitative estimate of drug-likeness (QED) is 0.501. The lowest BCUT2D eigenvalue weighted by Crippen LogP contribution is -2.15. The van der Waals surface area contributed by atoms with Gasteiger partial charge in [0.25, 0.3) is 10.9 Å². The van der Waals surface area contributed by atoms with Crippen LogP contribution in [0.5, 0.6) is 0 Å². The van der Waals surface area contributed by atoms with Gasteiger partial charge in [0.05, 0.1) is 11.5 Å². The van der Waals surface area contributed by atoms with E-state index in [0.29, 0.717) is 12.1 Å². The number of anilines is 1. The SMILES string of the molecule is CC(=O)CCOC(=S)Nc1ccc([N+](=O)[O-])cc1. The molecule has 0 saturated carbocycles. The first kappa shape index (κ1) is 14.0. The van der Waals surface area contributed by atoms with Crippen molar-refractivity contribution in [3.8, 4) is 0 Å². The van der Waals surface area contributed by atoms with Crippen LogP contribution in [0.25, 0.3) is 0 Å². The third-order valence-corrected chi connectivity index (χ3v) is 2.23.